The maximum absolute atomic E-state index is 5.89. The molecule has 0 aliphatic carbocycles. The average Bonchev–Trinajstić information content (AvgIpc) is 2.65. The summed E-state index contributed by atoms with van der Waals surface area (Å²) in [5.74, 6) is 0.573. The topological polar surface area (TPSA) is 44.2 Å². The van der Waals surface area contributed by atoms with E-state index in [4.69, 9.17) is 21.1 Å². The van der Waals surface area contributed by atoms with Gasteiger partial charge in [0.15, 0.2) is 0 Å². The largest absolute Gasteiger partial charge is 0.469 e. The number of nitrogens with zero attached hydrogens (tertiary/aromatic N) is 2. The van der Waals surface area contributed by atoms with Gasteiger partial charge in [0, 0.05) is 4.88 Å². The second kappa shape index (κ2) is 4.40. The number of thiophene rings is 1. The second-order valence-electron chi connectivity index (χ2n) is 3.86. The normalized spacial score (nSPS) is 16.1. The Morgan fingerprint density at radius 1 is 1.53 bits per heavy atom. The Bertz CT molecular complexity index is 554. The molecule has 0 atom stereocenters. The molecule has 6 heteroatoms. The van der Waals surface area contributed by atoms with Gasteiger partial charge in [-0.05, 0) is 24.1 Å². The van der Waals surface area contributed by atoms with Crippen LogP contribution in [0.15, 0.2) is 6.07 Å². The molecule has 4 nitrogen and oxygen atoms in total. The third-order valence-electron chi connectivity index (χ3n) is 2.62. The third-order valence-corrected chi connectivity index (χ3v) is 3.96. The predicted octanol–water partition coefficient (Wildman–Crippen LogP) is 2.68. The highest BCUT2D eigenvalue weighted by Crippen LogP contribution is 2.32. The number of hydrogen-bond donors (Lipinski definition) is 0. The van der Waals surface area contributed by atoms with E-state index >= 15 is 0 Å². The average molecular weight is 271 g/mol. The van der Waals surface area contributed by atoms with Gasteiger partial charge in [-0.3, -0.25) is 0 Å². The number of hydrogen-bond acceptors (Lipinski definition) is 5. The first kappa shape index (κ1) is 11.2. The van der Waals surface area contributed by atoms with Crippen molar-refractivity contribution < 1.29 is 9.47 Å². The molecule has 1 aliphatic heterocycles. The van der Waals surface area contributed by atoms with E-state index in [1.54, 1.807) is 11.3 Å². The van der Waals surface area contributed by atoms with Crippen molar-refractivity contribution in [2.75, 3.05) is 13.2 Å². The van der Waals surface area contributed by atoms with E-state index in [9.17, 15) is 0 Å². The molecule has 3 rings (SSSR count). The summed E-state index contributed by atoms with van der Waals surface area (Å²) in [7, 11) is 0. The molecular weight excluding hydrogens is 260 g/mol. The van der Waals surface area contributed by atoms with Crippen LogP contribution in [0.25, 0.3) is 10.2 Å². The molecule has 0 amide bonds. The number of ether oxygens (including phenoxy) is 2. The quantitative estimate of drug-likeness (QED) is 0.805. The molecule has 3 heterocycles. The minimum Gasteiger partial charge on any atom is -0.469 e. The van der Waals surface area contributed by atoms with Gasteiger partial charge in [0.2, 0.25) is 11.2 Å². The summed E-state index contributed by atoms with van der Waals surface area (Å²) >= 11 is 7.53. The van der Waals surface area contributed by atoms with E-state index in [1.807, 2.05) is 0 Å². The van der Waals surface area contributed by atoms with Crippen LogP contribution in [0.1, 0.15) is 11.8 Å². The number of aromatic nitrogens is 2. The van der Waals surface area contributed by atoms with Crippen molar-refractivity contribution in [2.45, 2.75) is 19.4 Å². The van der Waals surface area contributed by atoms with Gasteiger partial charge < -0.3 is 9.47 Å². The van der Waals surface area contributed by atoms with Gasteiger partial charge in [-0.15, -0.1) is 11.3 Å². The molecule has 1 saturated heterocycles. The maximum Gasteiger partial charge on any atom is 0.227 e. The molecule has 2 aromatic rings. The lowest BCUT2D eigenvalue weighted by atomic mass is 10.3. The Kier molecular flexibility index (Phi) is 2.90. The van der Waals surface area contributed by atoms with Crippen molar-refractivity contribution in [3.05, 3.63) is 16.2 Å². The van der Waals surface area contributed by atoms with Crippen molar-refractivity contribution in [1.82, 2.24) is 9.97 Å². The van der Waals surface area contributed by atoms with Crippen molar-refractivity contribution in [2.24, 2.45) is 0 Å². The fourth-order valence-corrected chi connectivity index (χ4v) is 2.79. The van der Waals surface area contributed by atoms with E-state index in [2.05, 4.69) is 23.0 Å². The molecule has 0 N–H and O–H groups in total. The van der Waals surface area contributed by atoms with Gasteiger partial charge in [0.1, 0.15) is 10.9 Å². The molecule has 0 spiro atoms. The molecule has 0 saturated carbocycles. The van der Waals surface area contributed by atoms with Gasteiger partial charge in [0.25, 0.3) is 0 Å². The van der Waals surface area contributed by atoms with Gasteiger partial charge >= 0.3 is 0 Å². The van der Waals surface area contributed by atoms with Gasteiger partial charge in [-0.25, -0.2) is 4.98 Å². The van der Waals surface area contributed by atoms with Crippen LogP contribution >= 0.6 is 22.9 Å². The van der Waals surface area contributed by atoms with Crippen molar-refractivity contribution in [1.29, 1.82) is 0 Å². The first-order valence-corrected chi connectivity index (χ1v) is 6.66. The molecule has 90 valence electrons. The van der Waals surface area contributed by atoms with E-state index in [0.29, 0.717) is 19.1 Å². The summed E-state index contributed by atoms with van der Waals surface area (Å²) in [5, 5.41) is 1.18. The van der Waals surface area contributed by atoms with Crippen LogP contribution in [0.3, 0.4) is 0 Å². The Balaban J connectivity index is 2.04. The van der Waals surface area contributed by atoms with Crippen LogP contribution in [-0.2, 0) is 11.2 Å². The molecule has 1 aliphatic rings. The Morgan fingerprint density at radius 3 is 3.00 bits per heavy atom. The third kappa shape index (κ3) is 2.10. The molecular formula is C11H11ClN2O2S. The Hall–Kier alpha value is -0.910. The lowest BCUT2D eigenvalue weighted by Crippen LogP contribution is -2.38. The maximum atomic E-state index is 5.89. The number of aryl methyl sites for hydroxylation is 1. The van der Waals surface area contributed by atoms with Crippen LogP contribution in [0.2, 0.25) is 5.28 Å². The summed E-state index contributed by atoms with van der Waals surface area (Å²) in [6, 6.07) is 2.07. The van der Waals surface area contributed by atoms with Crippen LogP contribution in [0.4, 0.5) is 0 Å². The van der Waals surface area contributed by atoms with Crippen LogP contribution in [-0.4, -0.2) is 29.3 Å². The first-order valence-electron chi connectivity index (χ1n) is 5.46. The highest BCUT2D eigenvalue weighted by Gasteiger charge is 2.22. The minimum absolute atomic E-state index is 0.0918. The zero-order chi connectivity index (χ0) is 11.8. The minimum atomic E-state index is 0.0918. The molecule has 0 aromatic carbocycles. The summed E-state index contributed by atoms with van der Waals surface area (Å²) in [6.07, 6.45) is 1.07. The molecule has 2 aromatic heterocycles. The number of fused-ring (bicyclic) bond motifs is 1. The van der Waals surface area contributed by atoms with Crippen molar-refractivity contribution in [3.63, 3.8) is 0 Å². The first-order chi connectivity index (χ1) is 8.26. The Morgan fingerprint density at radius 2 is 2.35 bits per heavy atom. The van der Waals surface area contributed by atoms with Gasteiger partial charge in [-0.2, -0.15) is 4.98 Å². The van der Waals surface area contributed by atoms with E-state index in [1.165, 1.54) is 4.88 Å². The fourth-order valence-electron chi connectivity index (χ4n) is 1.62. The van der Waals surface area contributed by atoms with E-state index in [-0.39, 0.29) is 11.4 Å². The van der Waals surface area contributed by atoms with Gasteiger partial charge in [0.05, 0.1) is 18.6 Å². The highest BCUT2D eigenvalue weighted by molar-refractivity contribution is 7.18. The zero-order valence-electron chi connectivity index (χ0n) is 9.27. The SMILES string of the molecule is CCc1cc2c(OC3COC3)nc(Cl)nc2s1. The lowest BCUT2D eigenvalue weighted by molar-refractivity contribution is -0.0807. The standard InChI is InChI=1S/C11H11ClN2O2S/c1-2-7-3-8-9(16-6-4-15-5-6)13-11(12)14-10(8)17-7/h3,6H,2,4-5H2,1H3. The van der Waals surface area contributed by atoms with Crippen LogP contribution < -0.4 is 4.74 Å². The van der Waals surface area contributed by atoms with Crippen molar-refractivity contribution >= 4 is 33.2 Å². The molecule has 0 radical (unpaired) electrons. The van der Waals surface area contributed by atoms with Gasteiger partial charge in [-0.1, -0.05) is 6.92 Å². The number of rotatable bonds is 3. The zero-order valence-corrected chi connectivity index (χ0v) is 10.8. The lowest BCUT2D eigenvalue weighted by Gasteiger charge is -2.26. The predicted molar refractivity (Wildman–Crippen MR) is 67.0 cm³/mol. The monoisotopic (exact) mass is 270 g/mol. The van der Waals surface area contributed by atoms with Crippen LogP contribution in [0, 0.1) is 0 Å². The summed E-state index contributed by atoms with van der Waals surface area (Å²) in [5.41, 5.74) is 0. The highest BCUT2D eigenvalue weighted by atomic mass is 35.5. The summed E-state index contributed by atoms with van der Waals surface area (Å²) in [4.78, 5) is 10.5. The Labute approximate surface area is 108 Å². The number of halogens is 1. The molecule has 0 unspecified atom stereocenters. The summed E-state index contributed by atoms with van der Waals surface area (Å²) in [6.45, 7) is 3.35. The van der Waals surface area contributed by atoms with E-state index in [0.717, 1.165) is 16.6 Å². The van der Waals surface area contributed by atoms with Crippen LogP contribution in [0.5, 0.6) is 5.88 Å². The molecule has 0 bridgehead atoms. The molecule has 17 heavy (non-hydrogen) atoms. The summed E-state index contributed by atoms with van der Waals surface area (Å²) < 4.78 is 10.8. The smallest absolute Gasteiger partial charge is 0.227 e. The second-order valence-corrected chi connectivity index (χ2v) is 5.31. The van der Waals surface area contributed by atoms with E-state index < -0.39 is 0 Å². The van der Waals surface area contributed by atoms with Crippen molar-refractivity contribution in [3.8, 4) is 5.88 Å². The molecule has 1 fully saturated rings. The fraction of sp³-hybridized carbons (Fsp3) is 0.455.